The third-order valence-corrected chi connectivity index (χ3v) is 6.86. The summed E-state index contributed by atoms with van der Waals surface area (Å²) in [6, 6.07) is 3.26. The zero-order chi connectivity index (χ0) is 22.5. The van der Waals surface area contributed by atoms with Gasteiger partial charge < -0.3 is 20.1 Å². The van der Waals surface area contributed by atoms with Crippen molar-refractivity contribution >= 4 is 17.8 Å². The molecule has 6 rings (SSSR count). The lowest BCUT2D eigenvalue weighted by molar-refractivity contribution is -0.0532. The maximum atomic E-state index is 15.0. The lowest BCUT2D eigenvalue weighted by Gasteiger charge is -2.61. The molecule has 0 aliphatic heterocycles. The normalized spacial score (nSPS) is 30.3. The number of nitrogens with one attached hydrogen (secondary N) is 3. The Balaban J connectivity index is 1.17. The predicted octanol–water partition coefficient (Wildman–Crippen LogP) is 2.40. The first-order valence-electron chi connectivity index (χ1n) is 10.9. The van der Waals surface area contributed by atoms with Crippen molar-refractivity contribution in [2.24, 2.45) is 13.0 Å². The lowest BCUT2D eigenvalue weighted by atomic mass is 9.50. The molecule has 0 unspecified atom stereocenters. The highest BCUT2D eigenvalue weighted by Gasteiger charge is 2.58. The van der Waals surface area contributed by atoms with E-state index >= 15 is 4.39 Å². The van der Waals surface area contributed by atoms with Crippen LogP contribution in [-0.4, -0.2) is 56.9 Å². The molecule has 4 saturated carbocycles. The molecule has 4 aliphatic carbocycles. The molecule has 11 heteroatoms. The van der Waals surface area contributed by atoms with Crippen molar-refractivity contribution in [2.45, 2.75) is 62.4 Å². The first-order valence-corrected chi connectivity index (χ1v) is 10.9. The summed E-state index contributed by atoms with van der Waals surface area (Å²) >= 11 is 0. The summed E-state index contributed by atoms with van der Waals surface area (Å²) in [6.45, 7) is 0.302. The number of carbonyl (C=O) groups excluding carboxylic acids is 2. The third-order valence-electron chi connectivity index (χ3n) is 6.86. The minimum Gasteiger partial charge on any atom is -0.443 e. The third kappa shape index (κ3) is 3.74. The molecule has 4 aliphatic rings. The molecule has 4 fully saturated rings. The van der Waals surface area contributed by atoms with E-state index in [-0.39, 0.29) is 17.3 Å². The topological polar surface area (TPSA) is 123 Å². The molecule has 2 aromatic heterocycles. The van der Waals surface area contributed by atoms with Gasteiger partial charge in [0.2, 0.25) is 0 Å². The zero-order valence-corrected chi connectivity index (χ0v) is 18.1. The summed E-state index contributed by atoms with van der Waals surface area (Å²) in [6.07, 6.45) is 1.31. The summed E-state index contributed by atoms with van der Waals surface area (Å²) in [5.41, 5.74) is 1.45. The van der Waals surface area contributed by atoms with Crippen LogP contribution < -0.4 is 10.6 Å². The van der Waals surface area contributed by atoms with Gasteiger partial charge in [-0.05, 0) is 44.1 Å². The molecule has 32 heavy (non-hydrogen) atoms. The van der Waals surface area contributed by atoms with E-state index in [2.05, 4.69) is 25.9 Å². The van der Waals surface area contributed by atoms with Crippen LogP contribution in [0.3, 0.4) is 0 Å². The minimum absolute atomic E-state index is 0.0970. The quantitative estimate of drug-likeness (QED) is 0.600. The molecule has 2 heterocycles. The largest absolute Gasteiger partial charge is 0.443 e. The number of nitrogens with zero attached hydrogens (tertiary/aromatic N) is 3. The number of carbonyl (C=O) groups is 2. The van der Waals surface area contributed by atoms with Crippen LogP contribution >= 0.6 is 0 Å². The number of amides is 2. The van der Waals surface area contributed by atoms with E-state index < -0.39 is 24.3 Å². The number of hydrogen-bond donors (Lipinski definition) is 3. The molecule has 0 aromatic carbocycles. The van der Waals surface area contributed by atoms with Crippen molar-refractivity contribution in [1.82, 2.24) is 25.3 Å². The number of rotatable bonds is 7. The fourth-order valence-electron chi connectivity index (χ4n) is 5.12. The molecule has 3 atom stereocenters. The first kappa shape index (κ1) is 20.9. The Morgan fingerprint density at radius 3 is 2.78 bits per heavy atom. The van der Waals surface area contributed by atoms with Crippen molar-refractivity contribution < 1.29 is 23.5 Å². The van der Waals surface area contributed by atoms with E-state index in [1.54, 1.807) is 26.3 Å². The summed E-state index contributed by atoms with van der Waals surface area (Å²) in [7, 11) is 3.22. The van der Waals surface area contributed by atoms with Crippen molar-refractivity contribution in [3.05, 3.63) is 29.2 Å². The van der Waals surface area contributed by atoms with E-state index in [1.807, 2.05) is 0 Å². The van der Waals surface area contributed by atoms with Gasteiger partial charge in [0.25, 0.3) is 5.91 Å². The molecule has 0 spiro atoms. The van der Waals surface area contributed by atoms with Crippen LogP contribution in [0, 0.1) is 5.92 Å². The number of H-pyrrole nitrogens is 1. The predicted molar refractivity (Wildman–Crippen MR) is 111 cm³/mol. The Kier molecular flexibility index (Phi) is 5.15. The molecular formula is C21H27FN6O4. The van der Waals surface area contributed by atoms with Gasteiger partial charge in [0, 0.05) is 37.4 Å². The van der Waals surface area contributed by atoms with Gasteiger partial charge in [-0.1, -0.05) is 0 Å². The van der Waals surface area contributed by atoms with Gasteiger partial charge in [-0.25, -0.2) is 9.18 Å². The van der Waals surface area contributed by atoms with Crippen LogP contribution in [0.4, 0.5) is 15.0 Å². The van der Waals surface area contributed by atoms with Crippen molar-refractivity contribution in [3.8, 4) is 0 Å². The summed E-state index contributed by atoms with van der Waals surface area (Å²) in [5.74, 6) is 0.166. The van der Waals surface area contributed by atoms with Gasteiger partial charge >= 0.3 is 6.09 Å². The summed E-state index contributed by atoms with van der Waals surface area (Å²) < 4.78 is 26.9. The molecule has 0 radical (unpaired) electrons. The summed E-state index contributed by atoms with van der Waals surface area (Å²) in [4.78, 5) is 24.7. The molecule has 2 bridgehead atoms. The number of halogens is 1. The van der Waals surface area contributed by atoms with E-state index in [4.69, 9.17) is 9.47 Å². The van der Waals surface area contributed by atoms with E-state index in [0.29, 0.717) is 36.5 Å². The number of methoxy groups -OCH3 is 1. The number of aromatic amines is 1. The van der Waals surface area contributed by atoms with Gasteiger partial charge in [-0.2, -0.15) is 10.2 Å². The Bertz CT molecular complexity index is 1020. The van der Waals surface area contributed by atoms with E-state index in [9.17, 15) is 9.59 Å². The second-order valence-electron chi connectivity index (χ2n) is 9.20. The molecule has 2 amide bonds. The number of aryl methyl sites for hydroxylation is 1. The summed E-state index contributed by atoms with van der Waals surface area (Å²) in [5, 5.41) is 16.7. The SMILES string of the molecule is COCc1cc(C(=O)Nc2cc([C@@H]3CC[C@H](OC(=O)NC45CC(C4)C5)[C@@H]3F)[nH]n2)n(C)n1. The average Bonchev–Trinajstić information content (AvgIpc) is 3.38. The minimum atomic E-state index is -1.34. The second kappa shape index (κ2) is 7.88. The smallest absolute Gasteiger partial charge is 0.407 e. The fourth-order valence-corrected chi connectivity index (χ4v) is 5.12. The number of alkyl carbamates (subject to hydrolysis) is 1. The van der Waals surface area contributed by atoms with Gasteiger partial charge in [0.15, 0.2) is 5.82 Å². The Hall–Kier alpha value is -2.95. The highest BCUT2D eigenvalue weighted by molar-refractivity contribution is 6.02. The van der Waals surface area contributed by atoms with Crippen molar-refractivity contribution in [2.75, 3.05) is 12.4 Å². The molecule has 3 N–H and O–H groups in total. The van der Waals surface area contributed by atoms with Crippen LogP contribution in [0.25, 0.3) is 0 Å². The maximum absolute atomic E-state index is 15.0. The zero-order valence-electron chi connectivity index (χ0n) is 18.1. The highest BCUT2D eigenvalue weighted by Crippen LogP contribution is 2.57. The fraction of sp³-hybridized carbons (Fsp3) is 0.619. The van der Waals surface area contributed by atoms with E-state index in [0.717, 1.165) is 25.2 Å². The van der Waals surface area contributed by atoms with Crippen LogP contribution in [0.1, 0.15) is 59.9 Å². The monoisotopic (exact) mass is 446 g/mol. The number of ether oxygens (including phenoxy) is 2. The van der Waals surface area contributed by atoms with Gasteiger partial charge in [-0.3, -0.25) is 14.6 Å². The van der Waals surface area contributed by atoms with Crippen molar-refractivity contribution in [1.29, 1.82) is 0 Å². The standard InChI is InChI=1S/C21H27FN6O4/c1-28-15(5-12(27-28)10-31-2)19(29)23-17-6-14(25-26-17)13-3-4-16(18(13)22)32-20(30)24-21-7-11(8-21)9-21/h5-6,11,13,16,18H,3-4,7-10H2,1-2H3,(H,24,30)(H2,23,25,26,29)/t11?,13-,16-,18+,21?/m0/s1. The molecule has 10 nitrogen and oxygen atoms in total. The number of anilines is 1. The first-order chi connectivity index (χ1) is 15.4. The van der Waals surface area contributed by atoms with Crippen molar-refractivity contribution in [3.63, 3.8) is 0 Å². The van der Waals surface area contributed by atoms with Gasteiger partial charge in [0.1, 0.15) is 18.0 Å². The van der Waals surface area contributed by atoms with Crippen LogP contribution in [-0.2, 0) is 23.1 Å². The maximum Gasteiger partial charge on any atom is 0.407 e. The lowest BCUT2D eigenvalue weighted by Crippen LogP contribution is -2.68. The number of alkyl halides is 1. The molecule has 172 valence electrons. The molecule has 2 aromatic rings. The Labute approximate surface area is 184 Å². The number of hydrogen-bond acceptors (Lipinski definition) is 6. The molecular weight excluding hydrogens is 419 g/mol. The second-order valence-corrected chi connectivity index (χ2v) is 9.20. The Morgan fingerprint density at radius 2 is 2.09 bits per heavy atom. The van der Waals surface area contributed by atoms with Crippen LogP contribution in [0.5, 0.6) is 0 Å². The Morgan fingerprint density at radius 1 is 1.31 bits per heavy atom. The highest BCUT2D eigenvalue weighted by atomic mass is 19.1. The van der Waals surface area contributed by atoms with Gasteiger partial charge in [-0.15, -0.1) is 0 Å². The number of aromatic nitrogens is 4. The van der Waals surface area contributed by atoms with Crippen LogP contribution in [0.2, 0.25) is 0 Å². The molecule has 0 saturated heterocycles. The van der Waals surface area contributed by atoms with Crippen LogP contribution in [0.15, 0.2) is 12.1 Å². The van der Waals surface area contributed by atoms with Gasteiger partial charge in [0.05, 0.1) is 12.3 Å². The van der Waals surface area contributed by atoms with E-state index in [1.165, 1.54) is 4.68 Å². The average molecular weight is 446 g/mol.